The Bertz CT molecular complexity index is 726. The molecule has 0 saturated heterocycles. The van der Waals surface area contributed by atoms with Crippen molar-refractivity contribution in [1.29, 1.82) is 0 Å². The molecule has 0 aliphatic rings. The Morgan fingerprint density at radius 1 is 0.895 bits per heavy atom. The van der Waals surface area contributed by atoms with Gasteiger partial charge in [0.25, 0.3) is 0 Å². The van der Waals surface area contributed by atoms with Crippen LogP contribution in [-0.2, 0) is 0 Å². The lowest BCUT2D eigenvalue weighted by atomic mass is 10.1. The summed E-state index contributed by atoms with van der Waals surface area (Å²) in [7, 11) is 0. The summed E-state index contributed by atoms with van der Waals surface area (Å²) in [6.45, 7) is 0. The number of rotatable bonds is 2. The van der Waals surface area contributed by atoms with Crippen molar-refractivity contribution >= 4 is 42.6 Å². The highest BCUT2D eigenvalue weighted by atomic mass is 79.9. The maximum atomic E-state index is 5.79. The number of pyridine rings is 1. The molecule has 0 atom stereocenters. The average Bonchev–Trinajstić information content (AvgIpc) is 2.45. The molecule has 0 fully saturated rings. The van der Waals surface area contributed by atoms with Crippen LogP contribution >= 0.6 is 31.9 Å². The average molecular weight is 379 g/mol. The number of hydrogen-bond acceptors (Lipinski definition) is 2. The van der Waals surface area contributed by atoms with Gasteiger partial charge in [-0.1, -0.05) is 30.3 Å². The molecule has 0 spiro atoms. The smallest absolute Gasteiger partial charge is 0.219 e. The lowest BCUT2D eigenvalue weighted by Gasteiger charge is -2.09. The molecular formula is C15H9Br2NO. The monoisotopic (exact) mass is 377 g/mol. The van der Waals surface area contributed by atoms with E-state index in [4.69, 9.17) is 4.74 Å². The van der Waals surface area contributed by atoms with Gasteiger partial charge in [-0.3, -0.25) is 0 Å². The van der Waals surface area contributed by atoms with Gasteiger partial charge < -0.3 is 4.74 Å². The first kappa shape index (κ1) is 12.6. The Balaban J connectivity index is 2.01. The van der Waals surface area contributed by atoms with Crippen molar-refractivity contribution in [3.05, 3.63) is 63.7 Å². The molecule has 3 rings (SSSR count). The fraction of sp³-hybridized carbons (Fsp3) is 0. The van der Waals surface area contributed by atoms with Gasteiger partial charge in [0.15, 0.2) is 0 Å². The van der Waals surface area contributed by atoms with Gasteiger partial charge in [0.05, 0.1) is 4.47 Å². The fourth-order valence-corrected chi connectivity index (χ4v) is 2.64. The minimum Gasteiger partial charge on any atom is -0.438 e. The van der Waals surface area contributed by atoms with Crippen molar-refractivity contribution in [3.63, 3.8) is 0 Å². The van der Waals surface area contributed by atoms with Crippen molar-refractivity contribution in [1.82, 2.24) is 4.98 Å². The number of benzene rings is 2. The van der Waals surface area contributed by atoms with Gasteiger partial charge in [-0.05, 0) is 54.8 Å². The topological polar surface area (TPSA) is 22.1 Å². The first-order valence-corrected chi connectivity index (χ1v) is 7.29. The van der Waals surface area contributed by atoms with Gasteiger partial charge >= 0.3 is 0 Å². The molecule has 2 nitrogen and oxygen atoms in total. The lowest BCUT2D eigenvalue weighted by molar-refractivity contribution is 0.461. The van der Waals surface area contributed by atoms with Crippen LogP contribution in [0.5, 0.6) is 11.6 Å². The van der Waals surface area contributed by atoms with E-state index in [1.165, 1.54) is 5.39 Å². The molecule has 0 amide bonds. The van der Waals surface area contributed by atoms with Gasteiger partial charge in [0, 0.05) is 16.7 Å². The van der Waals surface area contributed by atoms with E-state index in [1.807, 2.05) is 36.4 Å². The van der Waals surface area contributed by atoms with Gasteiger partial charge in [-0.15, -0.1) is 0 Å². The summed E-state index contributed by atoms with van der Waals surface area (Å²) in [5, 5.41) is 2.29. The molecule has 0 N–H and O–H groups in total. The normalized spacial score (nSPS) is 10.6. The molecule has 1 aromatic heterocycles. The molecular weight excluding hydrogens is 370 g/mol. The van der Waals surface area contributed by atoms with Crippen LogP contribution in [0.2, 0.25) is 0 Å². The van der Waals surface area contributed by atoms with E-state index in [0.29, 0.717) is 5.88 Å². The maximum absolute atomic E-state index is 5.79. The maximum Gasteiger partial charge on any atom is 0.219 e. The zero-order valence-electron chi connectivity index (χ0n) is 9.81. The van der Waals surface area contributed by atoms with E-state index in [0.717, 1.165) is 20.1 Å². The van der Waals surface area contributed by atoms with E-state index < -0.39 is 0 Å². The largest absolute Gasteiger partial charge is 0.438 e. The summed E-state index contributed by atoms with van der Waals surface area (Å²) < 4.78 is 7.66. The van der Waals surface area contributed by atoms with Crippen molar-refractivity contribution in [2.75, 3.05) is 0 Å². The Kier molecular flexibility index (Phi) is 3.53. The molecule has 94 valence electrons. The van der Waals surface area contributed by atoms with Crippen LogP contribution in [0.25, 0.3) is 10.8 Å². The summed E-state index contributed by atoms with van der Waals surface area (Å²) in [6, 6.07) is 15.9. The van der Waals surface area contributed by atoms with Crippen LogP contribution in [0, 0.1) is 0 Å². The van der Waals surface area contributed by atoms with Gasteiger partial charge in [-0.25, -0.2) is 4.98 Å². The second kappa shape index (κ2) is 5.31. The molecule has 0 saturated carbocycles. The Morgan fingerprint density at radius 2 is 1.74 bits per heavy atom. The first-order valence-electron chi connectivity index (χ1n) is 5.71. The quantitative estimate of drug-likeness (QED) is 0.583. The first-order chi connectivity index (χ1) is 9.24. The third-order valence-electron chi connectivity index (χ3n) is 2.74. The number of aromatic nitrogens is 1. The highest BCUT2D eigenvalue weighted by Gasteiger charge is 2.07. The molecule has 0 aliphatic carbocycles. The molecule has 19 heavy (non-hydrogen) atoms. The third-order valence-corrected chi connectivity index (χ3v) is 4.03. The number of halogens is 2. The second-order valence-corrected chi connectivity index (χ2v) is 5.72. The second-order valence-electron chi connectivity index (χ2n) is 4.02. The minimum atomic E-state index is 0.569. The number of nitrogens with zero attached hydrogens (tertiary/aromatic N) is 1. The van der Waals surface area contributed by atoms with Crippen LogP contribution < -0.4 is 4.74 Å². The van der Waals surface area contributed by atoms with Crippen LogP contribution in [-0.4, -0.2) is 4.98 Å². The standard InChI is InChI=1S/C15H9Br2NO/c16-11-6-8-14(18-9-11)19-13-7-5-10-3-1-2-4-12(10)15(13)17/h1-9H. The SMILES string of the molecule is Brc1ccc(Oc2ccc3ccccc3c2Br)nc1. The Labute approximate surface area is 127 Å². The van der Waals surface area contributed by atoms with Gasteiger partial charge in [-0.2, -0.15) is 0 Å². The van der Waals surface area contributed by atoms with E-state index in [1.54, 1.807) is 6.20 Å². The summed E-state index contributed by atoms with van der Waals surface area (Å²) in [6.07, 6.45) is 1.71. The predicted octanol–water partition coefficient (Wildman–Crippen LogP) is 5.55. The molecule has 1 heterocycles. The van der Waals surface area contributed by atoms with Crippen LogP contribution in [0.15, 0.2) is 63.7 Å². The molecule has 4 heteroatoms. The third kappa shape index (κ3) is 2.65. The fourth-order valence-electron chi connectivity index (χ4n) is 1.83. The number of fused-ring (bicyclic) bond motifs is 1. The minimum absolute atomic E-state index is 0.569. The van der Waals surface area contributed by atoms with Crippen molar-refractivity contribution < 1.29 is 4.74 Å². The van der Waals surface area contributed by atoms with Crippen molar-refractivity contribution in [3.8, 4) is 11.6 Å². The molecule has 2 aromatic carbocycles. The van der Waals surface area contributed by atoms with Gasteiger partial charge in [0.2, 0.25) is 5.88 Å². The molecule has 0 unspecified atom stereocenters. The van der Waals surface area contributed by atoms with Crippen LogP contribution in [0.4, 0.5) is 0 Å². The molecule has 3 aromatic rings. The highest BCUT2D eigenvalue weighted by molar-refractivity contribution is 9.11. The van der Waals surface area contributed by atoms with E-state index in [9.17, 15) is 0 Å². The highest BCUT2D eigenvalue weighted by Crippen LogP contribution is 2.35. The summed E-state index contributed by atoms with van der Waals surface area (Å²) >= 11 is 6.94. The summed E-state index contributed by atoms with van der Waals surface area (Å²) in [5.41, 5.74) is 0. The van der Waals surface area contributed by atoms with Gasteiger partial charge in [0.1, 0.15) is 5.75 Å². The van der Waals surface area contributed by atoms with Crippen molar-refractivity contribution in [2.45, 2.75) is 0 Å². The Morgan fingerprint density at radius 3 is 2.53 bits per heavy atom. The summed E-state index contributed by atoms with van der Waals surface area (Å²) in [5.74, 6) is 1.33. The molecule has 0 bridgehead atoms. The zero-order valence-corrected chi connectivity index (χ0v) is 13.0. The molecule has 0 radical (unpaired) electrons. The summed E-state index contributed by atoms with van der Waals surface area (Å²) in [4.78, 5) is 4.20. The van der Waals surface area contributed by atoms with Crippen LogP contribution in [0.1, 0.15) is 0 Å². The van der Waals surface area contributed by atoms with E-state index in [2.05, 4.69) is 49.0 Å². The number of ether oxygens (including phenoxy) is 1. The van der Waals surface area contributed by atoms with Crippen molar-refractivity contribution in [2.24, 2.45) is 0 Å². The predicted molar refractivity (Wildman–Crippen MR) is 83.7 cm³/mol. The van der Waals surface area contributed by atoms with E-state index in [-0.39, 0.29) is 0 Å². The Hall–Kier alpha value is -1.39. The lowest BCUT2D eigenvalue weighted by Crippen LogP contribution is -1.89. The zero-order chi connectivity index (χ0) is 13.2. The molecule has 0 aliphatic heterocycles. The number of hydrogen-bond donors (Lipinski definition) is 0. The van der Waals surface area contributed by atoms with E-state index >= 15 is 0 Å². The van der Waals surface area contributed by atoms with Crippen LogP contribution in [0.3, 0.4) is 0 Å².